The molecule has 24 heavy (non-hydrogen) atoms. The number of likely N-dealkylation sites (tertiary alicyclic amines) is 1. The van der Waals surface area contributed by atoms with E-state index < -0.39 is 0 Å². The number of carbonyl (C=O) groups excluding carboxylic acids is 2. The molecule has 6 heteroatoms. The molecule has 0 spiro atoms. The van der Waals surface area contributed by atoms with Crippen molar-refractivity contribution >= 4 is 23.2 Å². The summed E-state index contributed by atoms with van der Waals surface area (Å²) in [5.74, 6) is 0.286. The van der Waals surface area contributed by atoms with Crippen molar-refractivity contribution in [1.82, 2.24) is 15.2 Å². The molecular formula is C18H27N3O2S. The molecule has 1 atom stereocenters. The highest BCUT2D eigenvalue weighted by atomic mass is 32.1. The molecule has 2 fully saturated rings. The first-order valence-corrected chi connectivity index (χ1v) is 10.1. The molecule has 132 valence electrons. The van der Waals surface area contributed by atoms with Gasteiger partial charge in [0, 0.05) is 43.5 Å². The summed E-state index contributed by atoms with van der Waals surface area (Å²) < 4.78 is 0. The van der Waals surface area contributed by atoms with E-state index in [0.29, 0.717) is 32.0 Å². The largest absolute Gasteiger partial charge is 0.355 e. The molecule has 3 rings (SSSR count). The van der Waals surface area contributed by atoms with Crippen molar-refractivity contribution in [3.8, 4) is 0 Å². The molecule has 1 aliphatic carbocycles. The van der Waals surface area contributed by atoms with Crippen molar-refractivity contribution < 1.29 is 9.59 Å². The van der Waals surface area contributed by atoms with Crippen LogP contribution in [0.1, 0.15) is 56.4 Å². The lowest BCUT2D eigenvalue weighted by molar-refractivity contribution is -0.141. The van der Waals surface area contributed by atoms with E-state index >= 15 is 0 Å². The van der Waals surface area contributed by atoms with E-state index in [2.05, 4.69) is 10.3 Å². The van der Waals surface area contributed by atoms with E-state index in [4.69, 9.17) is 0 Å². The highest BCUT2D eigenvalue weighted by Gasteiger charge is 2.34. The number of nitrogens with zero attached hydrogens (tertiary/aromatic N) is 2. The zero-order valence-corrected chi connectivity index (χ0v) is 15.0. The summed E-state index contributed by atoms with van der Waals surface area (Å²) >= 11 is 1.62. The van der Waals surface area contributed by atoms with Crippen molar-refractivity contribution in [3.63, 3.8) is 0 Å². The molecule has 1 saturated heterocycles. The first-order chi connectivity index (χ1) is 11.7. The van der Waals surface area contributed by atoms with Crippen LogP contribution in [0.15, 0.2) is 11.6 Å². The molecule has 2 heterocycles. The van der Waals surface area contributed by atoms with E-state index in [0.717, 1.165) is 24.3 Å². The fourth-order valence-electron chi connectivity index (χ4n) is 3.82. The predicted octanol–water partition coefficient (Wildman–Crippen LogP) is 2.76. The number of nitrogens with one attached hydrogen (secondary N) is 1. The molecule has 0 bridgehead atoms. The third-order valence-corrected chi connectivity index (χ3v) is 6.04. The van der Waals surface area contributed by atoms with Crippen LogP contribution >= 0.6 is 11.3 Å². The van der Waals surface area contributed by atoms with Gasteiger partial charge in [-0.3, -0.25) is 9.59 Å². The Morgan fingerprint density at radius 3 is 2.75 bits per heavy atom. The van der Waals surface area contributed by atoms with Crippen molar-refractivity contribution in [2.45, 2.75) is 63.8 Å². The summed E-state index contributed by atoms with van der Waals surface area (Å²) in [5, 5.41) is 6.03. The van der Waals surface area contributed by atoms with Crippen LogP contribution in [-0.2, 0) is 16.0 Å². The van der Waals surface area contributed by atoms with Crippen LogP contribution in [0.25, 0.3) is 0 Å². The van der Waals surface area contributed by atoms with E-state index in [1.54, 1.807) is 17.5 Å². The fraction of sp³-hybridized carbons (Fsp3) is 0.722. The molecule has 0 radical (unpaired) electrons. The van der Waals surface area contributed by atoms with Crippen molar-refractivity contribution in [2.24, 2.45) is 5.92 Å². The van der Waals surface area contributed by atoms with Gasteiger partial charge in [-0.05, 0) is 19.3 Å². The standard InChI is InChI=1S/C18H27N3O2S/c22-17-8-7-14(13-21(17)15-5-3-1-2-4-6-15)18(23)20-10-9-16-19-11-12-24-16/h11-12,14-15H,1-10,13H2,(H,20,23)/t14-/m0/s1. The second-order valence-electron chi connectivity index (χ2n) is 6.89. The molecular weight excluding hydrogens is 322 g/mol. The lowest BCUT2D eigenvalue weighted by atomic mass is 9.93. The molecule has 0 aromatic carbocycles. The summed E-state index contributed by atoms with van der Waals surface area (Å²) in [6.45, 7) is 1.23. The van der Waals surface area contributed by atoms with Gasteiger partial charge >= 0.3 is 0 Å². The molecule has 1 aliphatic heterocycles. The summed E-state index contributed by atoms with van der Waals surface area (Å²) in [5.41, 5.74) is 0. The zero-order valence-electron chi connectivity index (χ0n) is 14.2. The number of piperidine rings is 1. The van der Waals surface area contributed by atoms with Gasteiger partial charge in [0.05, 0.1) is 10.9 Å². The number of hydrogen-bond acceptors (Lipinski definition) is 4. The maximum absolute atomic E-state index is 12.5. The normalized spacial score (nSPS) is 23.1. The Labute approximate surface area is 147 Å². The van der Waals surface area contributed by atoms with Crippen molar-refractivity contribution in [3.05, 3.63) is 16.6 Å². The average molecular weight is 350 g/mol. The minimum absolute atomic E-state index is 0.0535. The minimum Gasteiger partial charge on any atom is -0.355 e. The van der Waals surface area contributed by atoms with Crippen molar-refractivity contribution in [1.29, 1.82) is 0 Å². The number of aromatic nitrogens is 1. The lowest BCUT2D eigenvalue weighted by Crippen LogP contribution is -2.50. The molecule has 1 aromatic heterocycles. The van der Waals surface area contributed by atoms with Crippen LogP contribution in [-0.4, -0.2) is 40.8 Å². The molecule has 1 aromatic rings. The van der Waals surface area contributed by atoms with Gasteiger partial charge in [0.25, 0.3) is 0 Å². The van der Waals surface area contributed by atoms with Gasteiger partial charge in [-0.25, -0.2) is 4.98 Å². The minimum atomic E-state index is -0.0535. The Balaban J connectivity index is 1.50. The van der Waals surface area contributed by atoms with Crippen LogP contribution in [0.4, 0.5) is 0 Å². The maximum Gasteiger partial charge on any atom is 0.224 e. The van der Waals surface area contributed by atoms with Gasteiger partial charge in [0.15, 0.2) is 0 Å². The molecule has 2 amide bonds. The molecule has 0 unspecified atom stereocenters. The Kier molecular flexibility index (Phi) is 6.24. The first kappa shape index (κ1) is 17.4. The quantitative estimate of drug-likeness (QED) is 0.832. The highest BCUT2D eigenvalue weighted by molar-refractivity contribution is 7.09. The maximum atomic E-state index is 12.5. The van der Waals surface area contributed by atoms with Crippen LogP contribution in [0, 0.1) is 5.92 Å². The molecule has 1 saturated carbocycles. The van der Waals surface area contributed by atoms with E-state index in [9.17, 15) is 9.59 Å². The van der Waals surface area contributed by atoms with E-state index in [-0.39, 0.29) is 17.7 Å². The first-order valence-electron chi connectivity index (χ1n) is 9.19. The number of amides is 2. The number of thiazole rings is 1. The fourth-order valence-corrected chi connectivity index (χ4v) is 4.44. The topological polar surface area (TPSA) is 62.3 Å². The molecule has 5 nitrogen and oxygen atoms in total. The Hall–Kier alpha value is -1.43. The predicted molar refractivity (Wildman–Crippen MR) is 94.8 cm³/mol. The Morgan fingerprint density at radius 1 is 1.25 bits per heavy atom. The van der Waals surface area contributed by atoms with Gasteiger partial charge in [0.2, 0.25) is 11.8 Å². The highest BCUT2D eigenvalue weighted by Crippen LogP contribution is 2.27. The van der Waals surface area contributed by atoms with Gasteiger partial charge in [-0.15, -0.1) is 11.3 Å². The van der Waals surface area contributed by atoms with Crippen LogP contribution in [0.5, 0.6) is 0 Å². The van der Waals surface area contributed by atoms with E-state index in [1.807, 2.05) is 10.3 Å². The molecule has 1 N–H and O–H groups in total. The van der Waals surface area contributed by atoms with Gasteiger partial charge in [-0.1, -0.05) is 25.7 Å². The van der Waals surface area contributed by atoms with Crippen molar-refractivity contribution in [2.75, 3.05) is 13.1 Å². The number of carbonyl (C=O) groups is 2. The van der Waals surface area contributed by atoms with Crippen LogP contribution < -0.4 is 5.32 Å². The van der Waals surface area contributed by atoms with E-state index in [1.165, 1.54) is 25.7 Å². The monoisotopic (exact) mass is 349 g/mol. The van der Waals surface area contributed by atoms with Crippen LogP contribution in [0.2, 0.25) is 0 Å². The third kappa shape index (κ3) is 4.56. The number of hydrogen-bond donors (Lipinski definition) is 1. The summed E-state index contributed by atoms with van der Waals surface area (Å²) in [7, 11) is 0. The number of rotatable bonds is 5. The SMILES string of the molecule is O=C(NCCc1nccs1)[C@H]1CCC(=O)N(C2CCCCCC2)C1. The smallest absolute Gasteiger partial charge is 0.224 e. The van der Waals surface area contributed by atoms with Crippen LogP contribution in [0.3, 0.4) is 0 Å². The Morgan fingerprint density at radius 2 is 2.04 bits per heavy atom. The second-order valence-corrected chi connectivity index (χ2v) is 7.87. The lowest BCUT2D eigenvalue weighted by Gasteiger charge is -2.37. The van der Waals surface area contributed by atoms with Gasteiger partial charge in [-0.2, -0.15) is 0 Å². The summed E-state index contributed by atoms with van der Waals surface area (Å²) in [6, 6.07) is 0.353. The second kappa shape index (κ2) is 8.60. The molecule has 2 aliphatic rings. The summed E-state index contributed by atoms with van der Waals surface area (Å²) in [6.07, 6.45) is 10.9. The third-order valence-electron chi connectivity index (χ3n) is 5.20. The average Bonchev–Trinajstić information content (AvgIpc) is 2.96. The van der Waals surface area contributed by atoms with Gasteiger partial charge < -0.3 is 10.2 Å². The van der Waals surface area contributed by atoms with Gasteiger partial charge in [0.1, 0.15) is 0 Å². The Bertz CT molecular complexity index is 538. The summed E-state index contributed by atoms with van der Waals surface area (Å²) in [4.78, 5) is 31.0. The zero-order chi connectivity index (χ0) is 16.8.